The van der Waals surface area contributed by atoms with Gasteiger partial charge in [0, 0.05) is 0 Å². The third kappa shape index (κ3) is 13.8. The van der Waals surface area contributed by atoms with Crippen molar-refractivity contribution in [3.05, 3.63) is 0 Å². The maximum atomic E-state index is 11.4. The summed E-state index contributed by atoms with van der Waals surface area (Å²) in [6, 6.07) is 0. The molecule has 30 heterocycles. The number of hydrogen-bond donors (Lipinski definition) is 24. The van der Waals surface area contributed by atoms with E-state index in [0.29, 0.717) is 0 Å². The van der Waals surface area contributed by atoms with E-state index in [4.69, 9.17) is 75.8 Å². The molecule has 30 saturated heterocycles. The summed E-state index contributed by atoms with van der Waals surface area (Å²) in [7, 11) is 0. The second kappa shape index (κ2) is 30.0. The highest BCUT2D eigenvalue weighted by atomic mass is 16.8. The zero-order valence-electron chi connectivity index (χ0n) is 46.0. The average Bonchev–Trinajstić information content (AvgIpc) is 1.43. The molecule has 40 nitrogen and oxygen atoms in total. The monoisotopic (exact) mass is 1300 g/mol. The molecule has 24 N–H and O–H groups in total. The fourth-order valence-corrected chi connectivity index (χ4v) is 11.9. The fourth-order valence-electron chi connectivity index (χ4n) is 11.9. The van der Waals surface area contributed by atoms with E-state index >= 15 is 0 Å². The van der Waals surface area contributed by atoms with Crippen LogP contribution in [-0.2, 0) is 75.8 Å². The van der Waals surface area contributed by atoms with Gasteiger partial charge in [-0.2, -0.15) is 0 Å². The smallest absolute Gasteiger partial charge is 0.187 e. The second-order valence-electron chi connectivity index (χ2n) is 22.5. The molecule has 30 rings (SSSR count). The third-order valence-electron chi connectivity index (χ3n) is 16.9. The first-order valence-corrected chi connectivity index (χ1v) is 28.1. The Hall–Kier alpha value is -1.60. The van der Waals surface area contributed by atoms with Crippen LogP contribution in [-0.4, -0.2) is 421 Å². The minimum Gasteiger partial charge on any atom is -0.394 e. The molecule has 12 unspecified atom stereocenters. The van der Waals surface area contributed by atoms with Gasteiger partial charge in [0.2, 0.25) is 0 Å². The largest absolute Gasteiger partial charge is 0.394 e. The number of hydrogen-bond acceptors (Lipinski definition) is 40. The highest BCUT2D eigenvalue weighted by Crippen LogP contribution is 2.40. The predicted molar refractivity (Wildman–Crippen MR) is 261 cm³/mol. The van der Waals surface area contributed by atoms with Crippen molar-refractivity contribution in [1.29, 1.82) is 0 Å². The van der Waals surface area contributed by atoms with Crippen LogP contribution in [0.5, 0.6) is 0 Å². The van der Waals surface area contributed by atoms with Gasteiger partial charge in [0.1, 0.15) is 195 Å². The van der Waals surface area contributed by atoms with Crippen LogP contribution < -0.4 is 0 Å². The summed E-state index contributed by atoms with van der Waals surface area (Å²) in [6.45, 7) is -8.64. The lowest BCUT2D eigenvalue weighted by atomic mass is 9.94. The molecule has 0 saturated carbocycles. The Bertz CT molecular complexity index is 1700. The number of aliphatic hydroxyl groups excluding tert-OH is 24. The fraction of sp³-hybridized carbons (Fsp3) is 1.00. The van der Waals surface area contributed by atoms with E-state index in [1.165, 1.54) is 0 Å². The summed E-state index contributed by atoms with van der Waals surface area (Å²) in [5.74, 6) is 0. The average molecular weight is 1300 g/mol. The van der Waals surface area contributed by atoms with E-state index in [0.717, 1.165) is 0 Å². The third-order valence-corrected chi connectivity index (χ3v) is 16.9. The van der Waals surface area contributed by atoms with Crippen molar-refractivity contribution < 1.29 is 198 Å². The van der Waals surface area contributed by atoms with Gasteiger partial charge in [-0.25, -0.2) is 0 Å². The summed E-state index contributed by atoms with van der Waals surface area (Å²) in [4.78, 5) is 0. The van der Waals surface area contributed by atoms with E-state index in [9.17, 15) is 123 Å². The van der Waals surface area contributed by atoms with Gasteiger partial charge < -0.3 is 198 Å². The van der Waals surface area contributed by atoms with Crippen molar-refractivity contribution >= 4 is 0 Å². The zero-order chi connectivity index (χ0) is 64.1. The van der Waals surface area contributed by atoms with Crippen molar-refractivity contribution in [2.24, 2.45) is 0 Å². The predicted octanol–water partition coefficient (Wildman–Crippen LogP) is -17.4. The zero-order valence-corrected chi connectivity index (χ0v) is 46.0. The van der Waals surface area contributed by atoms with Crippen LogP contribution in [0.3, 0.4) is 0 Å². The number of rotatable bonds is 8. The minimum atomic E-state index is -2.25. The maximum Gasteiger partial charge on any atom is 0.187 e. The molecule has 40 heteroatoms. The van der Waals surface area contributed by atoms with Gasteiger partial charge in [0.15, 0.2) is 50.3 Å². The van der Waals surface area contributed by atoms with Gasteiger partial charge in [-0.05, 0) is 0 Å². The van der Waals surface area contributed by atoms with Crippen LogP contribution in [0.1, 0.15) is 0 Å². The molecule has 0 amide bonds. The Kier molecular flexibility index (Phi) is 24.1. The SMILES string of the molecule is OC[C@H]1OC2OC3[C@@H](CO)OC(OC4[C@@H](CO)OC(O[C@H]5[C@H](O)[C@@H](O)C(O[C@H]6[C@H](O)[C@@H](O)C(O[C@H]7[C@H](O)[C@@H](O)C(O[C@H]8[C@H](O)[C@@H](O)C(O[C@H]9[C@H](O)[C@@H](O)C(OC1[C@H](O)C2O)O[C@@H]9CO)O[C@@H]8CO)O[C@@H]7CO)O[C@@H]6CO)O[C@@H]5CO)[C@H](O)[C@H]4O)[C@H](O)[C@H]3O. The molecular formula is C48H80O40. The van der Waals surface area contributed by atoms with Crippen molar-refractivity contribution in [2.75, 3.05) is 52.9 Å². The van der Waals surface area contributed by atoms with Crippen LogP contribution in [0.15, 0.2) is 0 Å². The highest BCUT2D eigenvalue weighted by Gasteiger charge is 2.60. The Balaban J connectivity index is 0.975. The maximum absolute atomic E-state index is 11.4. The van der Waals surface area contributed by atoms with Crippen molar-refractivity contribution in [1.82, 2.24) is 0 Å². The Morgan fingerprint density at radius 2 is 0.227 bits per heavy atom. The molecular weight excluding hydrogens is 1220 g/mol. The van der Waals surface area contributed by atoms with Gasteiger partial charge in [0.05, 0.1) is 52.9 Å². The first-order valence-electron chi connectivity index (χ1n) is 28.1. The molecule has 0 aromatic rings. The van der Waals surface area contributed by atoms with Crippen molar-refractivity contribution in [3.8, 4) is 0 Å². The Morgan fingerprint density at radius 3 is 0.307 bits per heavy atom. The molecule has 30 fully saturated rings. The van der Waals surface area contributed by atoms with E-state index in [-0.39, 0.29) is 0 Å². The van der Waals surface area contributed by atoms with Gasteiger partial charge in [0.25, 0.3) is 0 Å². The first kappa shape index (κ1) is 70.7. The van der Waals surface area contributed by atoms with Gasteiger partial charge in [-0.3, -0.25) is 0 Å². The standard InChI is InChI=1S/C48H80O40/c49-1-9-33-17(57)25(65)41(73-9)82-34-10(2-50)75-43(27(67)19(34)59)84-36-12(4-52)77-45(29(69)21(36)61)86-38-14(6-54)79-47(31(71)23(38)63)88-40-16(8-56)80-48(32(72)24(40)64)87-39-15(7-55)78-46(30(70)22(39)62)85-37-13(5-53)76-44(28(68)20(37)60)83-35-11(3-51)74-42(81-33)26(66)18(35)58/h9-72H,1-8H2/t9-,10-,11-,12-,13-,14-,15-,16-,17-,18-,19-,20-,21-,22-,23-,24-,25-,26-,27-,28-,29-,30-,31-,32?,33-,34-,35-,36-,37?,38-,39?,40?,41?,42?,43?,44?,45?,46?,47?,48?/m1/s1. The number of ether oxygens (including phenoxy) is 16. The lowest BCUT2D eigenvalue weighted by Crippen LogP contribution is -2.69. The van der Waals surface area contributed by atoms with E-state index in [1.54, 1.807) is 0 Å². The molecule has 0 aromatic heterocycles. The molecule has 16 bridgehead atoms. The van der Waals surface area contributed by atoms with Crippen LogP contribution >= 0.6 is 0 Å². The van der Waals surface area contributed by atoms with E-state index in [2.05, 4.69) is 0 Å². The summed E-state index contributed by atoms with van der Waals surface area (Å²) >= 11 is 0. The van der Waals surface area contributed by atoms with Gasteiger partial charge >= 0.3 is 0 Å². The van der Waals surface area contributed by atoms with Crippen molar-refractivity contribution in [2.45, 2.75) is 246 Å². The summed E-state index contributed by atoms with van der Waals surface area (Å²) in [5.41, 5.74) is 0. The molecule has 512 valence electrons. The highest BCUT2D eigenvalue weighted by molar-refractivity contribution is 5.02. The van der Waals surface area contributed by atoms with Crippen LogP contribution in [0.2, 0.25) is 0 Å². The van der Waals surface area contributed by atoms with Crippen LogP contribution in [0.25, 0.3) is 0 Å². The molecule has 0 radical (unpaired) electrons. The second-order valence-corrected chi connectivity index (χ2v) is 22.5. The summed E-state index contributed by atoms with van der Waals surface area (Å²) < 4.78 is 91.1. The van der Waals surface area contributed by atoms with E-state index in [1.807, 2.05) is 0 Å². The molecule has 30 aliphatic rings. The summed E-state index contributed by atoms with van der Waals surface area (Å²) in [6.07, 6.45) is -82.0. The molecule has 0 aromatic carbocycles. The Labute approximate surface area is 496 Å². The normalized spacial score (nSPS) is 55.4. The molecule has 0 spiro atoms. The topological polar surface area (TPSA) is 633 Å². The Morgan fingerprint density at radius 1 is 0.136 bits per heavy atom. The van der Waals surface area contributed by atoms with E-state index < -0.39 is 299 Å². The lowest BCUT2D eigenvalue weighted by molar-refractivity contribution is -0.404. The summed E-state index contributed by atoms with van der Waals surface area (Å²) in [5, 5.41) is 265. The van der Waals surface area contributed by atoms with Crippen LogP contribution in [0, 0.1) is 0 Å². The molecule has 0 aliphatic carbocycles. The quantitative estimate of drug-likeness (QED) is 0.107. The van der Waals surface area contributed by atoms with Gasteiger partial charge in [-0.15, -0.1) is 0 Å². The number of aliphatic hydroxyl groups is 24. The van der Waals surface area contributed by atoms with Crippen molar-refractivity contribution in [3.63, 3.8) is 0 Å². The molecule has 30 aliphatic heterocycles. The van der Waals surface area contributed by atoms with Crippen LogP contribution in [0.4, 0.5) is 0 Å². The first-order chi connectivity index (χ1) is 41.9. The lowest BCUT2D eigenvalue weighted by Gasteiger charge is -2.50. The minimum absolute atomic E-state index is 1.08. The molecule has 88 heavy (non-hydrogen) atoms. The van der Waals surface area contributed by atoms with Gasteiger partial charge in [-0.1, -0.05) is 0 Å². The molecule has 40 atom stereocenters.